The van der Waals surface area contributed by atoms with Crippen LogP contribution in [-0.4, -0.2) is 61.5 Å². The third kappa shape index (κ3) is 6.29. The summed E-state index contributed by atoms with van der Waals surface area (Å²) in [4.78, 5) is 39.2. The van der Waals surface area contributed by atoms with Gasteiger partial charge in [-0.15, -0.1) is 0 Å². The van der Waals surface area contributed by atoms with Crippen molar-refractivity contribution < 1.29 is 49.6 Å². The van der Waals surface area contributed by atoms with E-state index in [2.05, 4.69) is 4.18 Å². The number of halogens is 3. The van der Waals surface area contributed by atoms with Crippen LogP contribution in [0.5, 0.6) is 5.75 Å². The molecule has 0 bridgehead atoms. The van der Waals surface area contributed by atoms with Crippen molar-refractivity contribution in [3.63, 3.8) is 0 Å². The number of Topliss-reactive ketones (excluding diaryl/α,β-unsaturated/α-hetero) is 1. The Morgan fingerprint density at radius 1 is 1.03 bits per heavy atom. The third-order valence-corrected chi connectivity index (χ3v) is 6.74. The van der Waals surface area contributed by atoms with Crippen molar-refractivity contribution in [1.29, 1.82) is 0 Å². The number of hydrogen-bond acceptors (Lipinski definition) is 8. The van der Waals surface area contributed by atoms with Gasteiger partial charge in [-0.05, 0) is 82.6 Å². The summed E-state index contributed by atoms with van der Waals surface area (Å²) in [5, 5.41) is 0. The van der Waals surface area contributed by atoms with Gasteiger partial charge in [0, 0.05) is 12.1 Å². The highest BCUT2D eigenvalue weighted by atomic mass is 32.2. The van der Waals surface area contributed by atoms with Crippen LogP contribution in [0.2, 0.25) is 0 Å². The second-order valence-corrected chi connectivity index (χ2v) is 11.2. The zero-order chi connectivity index (χ0) is 26.9. The zero-order valence-corrected chi connectivity index (χ0v) is 21.0. The van der Waals surface area contributed by atoms with Crippen LogP contribution in [0.3, 0.4) is 0 Å². The van der Waals surface area contributed by atoms with Gasteiger partial charge in [0.15, 0.2) is 6.61 Å². The van der Waals surface area contributed by atoms with Crippen molar-refractivity contribution in [2.24, 2.45) is 0 Å². The van der Waals surface area contributed by atoms with Crippen LogP contribution in [0.15, 0.2) is 12.1 Å². The summed E-state index contributed by atoms with van der Waals surface area (Å²) >= 11 is 0. The molecule has 1 heterocycles. The summed E-state index contributed by atoms with van der Waals surface area (Å²) in [5.41, 5.74) is -5.65. The largest absolute Gasteiger partial charge is 0.534 e. The Balaban J connectivity index is 1.73. The first kappa shape index (κ1) is 27.8. The van der Waals surface area contributed by atoms with Gasteiger partial charge < -0.3 is 13.7 Å². The van der Waals surface area contributed by atoms with E-state index in [0.29, 0.717) is 44.2 Å². The van der Waals surface area contributed by atoms with Gasteiger partial charge in [0.2, 0.25) is 5.78 Å². The Hall–Kier alpha value is -2.83. The molecule has 1 fully saturated rings. The summed E-state index contributed by atoms with van der Waals surface area (Å²) < 4.78 is 76.1. The highest BCUT2D eigenvalue weighted by Crippen LogP contribution is 2.36. The number of benzene rings is 1. The summed E-state index contributed by atoms with van der Waals surface area (Å²) in [5.74, 6) is -1.85. The zero-order valence-electron chi connectivity index (χ0n) is 20.1. The minimum absolute atomic E-state index is 0.115. The Labute approximate surface area is 207 Å². The fraction of sp³-hybridized carbons (Fsp3) is 0.609. The number of fused-ring (bicyclic) bond motifs is 1. The number of esters is 1. The van der Waals surface area contributed by atoms with Crippen molar-refractivity contribution in [2.45, 2.75) is 76.4 Å². The maximum Gasteiger partial charge on any atom is 0.534 e. The van der Waals surface area contributed by atoms with Crippen molar-refractivity contribution in [2.75, 3.05) is 13.2 Å². The lowest BCUT2D eigenvalue weighted by atomic mass is 9.86. The molecule has 1 aromatic rings. The van der Waals surface area contributed by atoms with Crippen LogP contribution in [0.1, 0.15) is 67.9 Å². The van der Waals surface area contributed by atoms with Gasteiger partial charge in [-0.1, -0.05) is 0 Å². The van der Waals surface area contributed by atoms with Crippen LogP contribution in [0.25, 0.3) is 0 Å². The molecule has 200 valence electrons. The van der Waals surface area contributed by atoms with E-state index in [1.807, 2.05) is 0 Å². The molecule has 13 heteroatoms. The average molecular weight is 536 g/mol. The van der Waals surface area contributed by atoms with Crippen molar-refractivity contribution in [1.82, 2.24) is 4.90 Å². The monoisotopic (exact) mass is 535 g/mol. The SMILES string of the molecule is CC(C)(C)OC(=O)N1CCCC1C(=O)OCC(=O)c1ccc(OS(=O)(=O)C(F)(F)F)c2c1CCCC2. The molecule has 1 atom stereocenters. The number of alkyl halides is 3. The van der Waals surface area contributed by atoms with Gasteiger partial charge in [0.05, 0.1) is 0 Å². The molecular weight excluding hydrogens is 507 g/mol. The lowest BCUT2D eigenvalue weighted by Crippen LogP contribution is -2.44. The number of carbonyl (C=O) groups is 3. The maximum absolute atomic E-state index is 12.9. The van der Waals surface area contributed by atoms with Gasteiger partial charge in [-0.25, -0.2) is 9.59 Å². The van der Waals surface area contributed by atoms with E-state index in [1.54, 1.807) is 20.8 Å². The molecule has 2 aliphatic rings. The molecule has 0 saturated carbocycles. The van der Waals surface area contributed by atoms with Gasteiger partial charge >= 0.3 is 27.7 Å². The molecule has 0 radical (unpaired) electrons. The van der Waals surface area contributed by atoms with Gasteiger partial charge in [-0.3, -0.25) is 9.69 Å². The van der Waals surface area contributed by atoms with E-state index in [4.69, 9.17) is 9.47 Å². The topological polar surface area (TPSA) is 116 Å². The number of carbonyl (C=O) groups excluding carboxylic acids is 3. The molecule has 0 spiro atoms. The summed E-state index contributed by atoms with van der Waals surface area (Å²) in [6, 6.07) is 1.28. The smallest absolute Gasteiger partial charge is 0.456 e. The fourth-order valence-electron chi connectivity index (χ4n) is 4.20. The third-order valence-electron chi connectivity index (χ3n) is 5.77. The van der Waals surface area contributed by atoms with Crippen LogP contribution in [-0.2, 0) is 37.2 Å². The summed E-state index contributed by atoms with van der Waals surface area (Å²) in [7, 11) is -5.87. The molecule has 1 aromatic carbocycles. The normalized spacial score (nSPS) is 18.4. The highest BCUT2D eigenvalue weighted by Gasteiger charge is 2.49. The Morgan fingerprint density at radius 2 is 1.67 bits per heavy atom. The number of likely N-dealkylation sites (tertiary alicyclic amines) is 1. The van der Waals surface area contributed by atoms with Crippen molar-refractivity contribution in [3.05, 3.63) is 28.8 Å². The van der Waals surface area contributed by atoms with E-state index in [1.165, 1.54) is 11.0 Å². The number of hydrogen-bond donors (Lipinski definition) is 0. The minimum Gasteiger partial charge on any atom is -0.456 e. The van der Waals surface area contributed by atoms with Crippen LogP contribution in [0.4, 0.5) is 18.0 Å². The second kappa shape index (κ2) is 10.3. The molecule has 0 aromatic heterocycles. The maximum atomic E-state index is 12.9. The van der Waals surface area contributed by atoms with E-state index in [0.717, 1.165) is 6.07 Å². The second-order valence-electron chi connectivity index (χ2n) is 9.62. The fourth-order valence-corrected chi connectivity index (χ4v) is 4.69. The molecular formula is C23H28F3NO8S. The molecule has 36 heavy (non-hydrogen) atoms. The first-order valence-electron chi connectivity index (χ1n) is 11.5. The molecule has 0 N–H and O–H groups in total. The lowest BCUT2D eigenvalue weighted by molar-refractivity contribution is -0.147. The summed E-state index contributed by atoms with van der Waals surface area (Å²) in [6.45, 7) is 4.75. The highest BCUT2D eigenvalue weighted by molar-refractivity contribution is 7.88. The Morgan fingerprint density at radius 3 is 2.28 bits per heavy atom. The molecule has 3 rings (SSSR count). The standard InChI is InChI=1S/C23H28F3NO8S/c1-22(2,3)34-21(30)27-12-6-9-17(27)20(29)33-13-18(28)15-10-11-19(16-8-5-4-7-14(15)16)35-36(31,32)23(24,25)26/h10-11,17H,4-9,12-13H2,1-3H3. The average Bonchev–Trinajstić information content (AvgIpc) is 3.26. The predicted molar refractivity (Wildman–Crippen MR) is 120 cm³/mol. The molecule has 1 aliphatic carbocycles. The molecule has 1 unspecified atom stereocenters. The first-order valence-corrected chi connectivity index (χ1v) is 12.9. The Kier molecular flexibility index (Phi) is 7.92. The quantitative estimate of drug-likeness (QED) is 0.233. The van der Waals surface area contributed by atoms with E-state index in [-0.39, 0.29) is 17.5 Å². The number of nitrogens with zero attached hydrogens (tertiary/aromatic N) is 1. The molecule has 1 saturated heterocycles. The lowest BCUT2D eigenvalue weighted by Gasteiger charge is -2.27. The number of ether oxygens (including phenoxy) is 2. The van der Waals surface area contributed by atoms with Gasteiger partial charge in [0.1, 0.15) is 17.4 Å². The number of ketones is 1. The van der Waals surface area contributed by atoms with Crippen molar-refractivity contribution >= 4 is 28.0 Å². The number of rotatable bonds is 6. The van der Waals surface area contributed by atoms with Crippen LogP contribution in [0, 0.1) is 0 Å². The van der Waals surface area contributed by atoms with Crippen LogP contribution >= 0.6 is 0 Å². The molecule has 1 amide bonds. The van der Waals surface area contributed by atoms with E-state index in [9.17, 15) is 36.0 Å². The number of amides is 1. The predicted octanol–water partition coefficient (Wildman–Crippen LogP) is 3.92. The van der Waals surface area contributed by atoms with Gasteiger partial charge in [0.25, 0.3) is 0 Å². The molecule has 9 nitrogen and oxygen atoms in total. The minimum atomic E-state index is -5.87. The van der Waals surface area contributed by atoms with Crippen LogP contribution < -0.4 is 4.18 Å². The van der Waals surface area contributed by atoms with E-state index < -0.39 is 57.5 Å². The van der Waals surface area contributed by atoms with E-state index >= 15 is 0 Å². The molecule has 1 aliphatic heterocycles. The first-order chi connectivity index (χ1) is 16.6. The summed E-state index contributed by atoms with van der Waals surface area (Å²) in [6.07, 6.45) is 2.00. The van der Waals surface area contributed by atoms with Crippen molar-refractivity contribution in [3.8, 4) is 5.75 Å². The Bertz CT molecular complexity index is 1140. The van der Waals surface area contributed by atoms with Gasteiger partial charge in [-0.2, -0.15) is 21.6 Å².